The Hall–Kier alpha value is -3.15. The van der Waals surface area contributed by atoms with Crippen LogP contribution in [0.25, 0.3) is 10.8 Å². The number of rotatable bonds is 5. The number of benzene rings is 1. The molecule has 0 saturated heterocycles. The second kappa shape index (κ2) is 7.39. The van der Waals surface area contributed by atoms with Crippen LogP contribution in [0.4, 0.5) is 11.6 Å². The van der Waals surface area contributed by atoms with Crippen LogP contribution in [0.5, 0.6) is 0 Å². The number of carbonyl (C=O) groups excluding carboxylic acids is 1. The van der Waals surface area contributed by atoms with Crippen LogP contribution < -0.4 is 11.1 Å². The number of nitrogens with two attached hydrogens (primary N) is 1. The average molecular weight is 350 g/mol. The highest BCUT2D eigenvalue weighted by molar-refractivity contribution is 5.93. The number of ether oxygens (including phenoxy) is 1. The molecule has 3 N–H and O–H groups in total. The number of pyridine rings is 2. The van der Waals surface area contributed by atoms with E-state index in [1.165, 1.54) is 0 Å². The summed E-state index contributed by atoms with van der Waals surface area (Å²) in [6.45, 7) is 5.87. The molecule has 0 aliphatic rings. The first-order valence-corrected chi connectivity index (χ1v) is 8.53. The van der Waals surface area contributed by atoms with Gasteiger partial charge in [0.05, 0.1) is 11.3 Å². The Kier molecular flexibility index (Phi) is 5.02. The molecular weight excluding hydrogens is 328 g/mol. The topological polar surface area (TPSA) is 90.1 Å². The molecule has 0 bridgehead atoms. The molecule has 2 aromatic heterocycles. The quantitative estimate of drug-likeness (QED) is 0.677. The molecule has 1 atom stereocenters. The number of fused-ring (bicyclic) bond motifs is 1. The first kappa shape index (κ1) is 17.7. The lowest BCUT2D eigenvalue weighted by Gasteiger charge is -2.17. The third-order valence-electron chi connectivity index (χ3n) is 3.89. The molecular formula is C20H22N4O2. The van der Waals surface area contributed by atoms with Crippen molar-refractivity contribution in [2.45, 2.75) is 32.9 Å². The van der Waals surface area contributed by atoms with Crippen LogP contribution in [0.15, 0.2) is 48.7 Å². The van der Waals surface area contributed by atoms with Gasteiger partial charge in [0, 0.05) is 23.0 Å². The number of hydrogen-bond acceptors (Lipinski definition) is 6. The third kappa shape index (κ3) is 3.91. The van der Waals surface area contributed by atoms with Crippen LogP contribution >= 0.6 is 0 Å². The number of nitrogens with one attached hydrogen (secondary N) is 1. The molecule has 3 aromatic rings. The zero-order valence-electron chi connectivity index (χ0n) is 15.1. The van der Waals surface area contributed by atoms with Crippen LogP contribution in [0.2, 0.25) is 0 Å². The van der Waals surface area contributed by atoms with Gasteiger partial charge in [0.2, 0.25) is 0 Å². The minimum absolute atomic E-state index is 0.192. The Morgan fingerprint density at radius 1 is 1.15 bits per heavy atom. The highest BCUT2D eigenvalue weighted by Crippen LogP contribution is 2.28. The van der Waals surface area contributed by atoms with E-state index >= 15 is 0 Å². The fourth-order valence-electron chi connectivity index (χ4n) is 2.64. The summed E-state index contributed by atoms with van der Waals surface area (Å²) in [7, 11) is 0. The van der Waals surface area contributed by atoms with Crippen molar-refractivity contribution >= 4 is 28.4 Å². The predicted octanol–water partition coefficient (Wildman–Crippen LogP) is 3.95. The molecule has 0 unspecified atom stereocenters. The van der Waals surface area contributed by atoms with Gasteiger partial charge in [-0.15, -0.1) is 0 Å². The van der Waals surface area contributed by atoms with Gasteiger partial charge in [-0.25, -0.2) is 14.8 Å². The molecule has 0 amide bonds. The van der Waals surface area contributed by atoms with Crippen LogP contribution in [-0.2, 0) is 4.74 Å². The first-order chi connectivity index (χ1) is 12.4. The largest absolute Gasteiger partial charge is 0.453 e. The van der Waals surface area contributed by atoms with Gasteiger partial charge < -0.3 is 15.8 Å². The van der Waals surface area contributed by atoms with E-state index in [0.717, 1.165) is 10.8 Å². The molecule has 0 saturated carbocycles. The summed E-state index contributed by atoms with van der Waals surface area (Å²) >= 11 is 0. The van der Waals surface area contributed by atoms with E-state index in [1.807, 2.05) is 26.0 Å². The molecule has 0 radical (unpaired) electrons. The van der Waals surface area contributed by atoms with Crippen LogP contribution in [-0.4, -0.2) is 22.0 Å². The minimum Gasteiger partial charge on any atom is -0.453 e. The maximum absolute atomic E-state index is 12.3. The predicted molar refractivity (Wildman–Crippen MR) is 103 cm³/mol. The lowest BCUT2D eigenvalue weighted by atomic mass is 10.1. The number of esters is 1. The Balaban J connectivity index is 1.93. The number of anilines is 2. The van der Waals surface area contributed by atoms with E-state index in [1.54, 1.807) is 43.5 Å². The Morgan fingerprint density at radius 2 is 1.88 bits per heavy atom. The van der Waals surface area contributed by atoms with Gasteiger partial charge in [0.15, 0.2) is 0 Å². The fourth-order valence-corrected chi connectivity index (χ4v) is 2.64. The highest BCUT2D eigenvalue weighted by atomic mass is 16.5. The SMILES string of the molecule is CC(C)Nc1nc([C@@H](C)OC(=O)c2ccccc2)cc2cnc(N)cc12. The highest BCUT2D eigenvalue weighted by Gasteiger charge is 2.17. The maximum Gasteiger partial charge on any atom is 0.338 e. The van der Waals surface area contributed by atoms with E-state index in [0.29, 0.717) is 22.9 Å². The molecule has 6 heteroatoms. The Bertz CT molecular complexity index is 926. The smallest absolute Gasteiger partial charge is 0.338 e. The zero-order chi connectivity index (χ0) is 18.7. The number of nitrogen functional groups attached to an aromatic ring is 1. The number of nitrogens with zero attached hydrogens (tertiary/aromatic N) is 2. The van der Waals surface area contributed by atoms with Crippen molar-refractivity contribution in [2.75, 3.05) is 11.1 Å². The van der Waals surface area contributed by atoms with Gasteiger partial charge in [-0.05, 0) is 45.0 Å². The Morgan fingerprint density at radius 3 is 2.58 bits per heavy atom. The van der Waals surface area contributed by atoms with Crippen molar-refractivity contribution in [2.24, 2.45) is 0 Å². The molecule has 3 rings (SSSR count). The summed E-state index contributed by atoms with van der Waals surface area (Å²) in [5, 5.41) is 5.09. The monoisotopic (exact) mass is 350 g/mol. The summed E-state index contributed by atoms with van der Waals surface area (Å²) in [5.74, 6) is 0.750. The van der Waals surface area contributed by atoms with Crippen molar-refractivity contribution in [1.29, 1.82) is 0 Å². The second-order valence-corrected chi connectivity index (χ2v) is 6.44. The molecule has 0 fully saturated rings. The number of aromatic nitrogens is 2. The standard InChI is InChI=1S/C20H22N4O2/c1-12(2)23-19-16-10-18(21)22-11-15(16)9-17(24-19)13(3)26-20(25)14-7-5-4-6-8-14/h4-13H,1-3H3,(H2,21,22)(H,23,24)/t13-/m1/s1. The minimum atomic E-state index is -0.502. The van der Waals surface area contributed by atoms with E-state index < -0.39 is 6.10 Å². The summed E-state index contributed by atoms with van der Waals surface area (Å²) in [6.07, 6.45) is 1.20. The van der Waals surface area contributed by atoms with E-state index in [9.17, 15) is 4.79 Å². The summed E-state index contributed by atoms with van der Waals surface area (Å²) in [6, 6.07) is 12.8. The molecule has 134 valence electrons. The molecule has 2 heterocycles. The average Bonchev–Trinajstić information content (AvgIpc) is 2.62. The van der Waals surface area contributed by atoms with E-state index in [-0.39, 0.29) is 12.0 Å². The Labute approximate surface area is 152 Å². The summed E-state index contributed by atoms with van der Waals surface area (Å²) in [5.41, 5.74) is 6.97. The van der Waals surface area contributed by atoms with E-state index in [2.05, 4.69) is 15.3 Å². The number of hydrogen-bond donors (Lipinski definition) is 2. The van der Waals surface area contributed by atoms with Crippen molar-refractivity contribution in [3.63, 3.8) is 0 Å². The lowest BCUT2D eigenvalue weighted by molar-refractivity contribution is 0.0330. The van der Waals surface area contributed by atoms with Gasteiger partial charge in [-0.2, -0.15) is 0 Å². The van der Waals surface area contributed by atoms with Crippen molar-refractivity contribution < 1.29 is 9.53 Å². The number of carbonyl (C=O) groups is 1. The second-order valence-electron chi connectivity index (χ2n) is 6.44. The fraction of sp³-hybridized carbons (Fsp3) is 0.250. The lowest BCUT2D eigenvalue weighted by Crippen LogP contribution is -2.15. The van der Waals surface area contributed by atoms with Crippen LogP contribution in [0.3, 0.4) is 0 Å². The van der Waals surface area contributed by atoms with Crippen molar-refractivity contribution in [1.82, 2.24) is 9.97 Å². The van der Waals surface area contributed by atoms with Gasteiger partial charge in [-0.1, -0.05) is 18.2 Å². The maximum atomic E-state index is 12.3. The summed E-state index contributed by atoms with van der Waals surface area (Å²) in [4.78, 5) is 21.1. The molecule has 6 nitrogen and oxygen atoms in total. The van der Waals surface area contributed by atoms with Crippen LogP contribution in [0.1, 0.15) is 42.9 Å². The van der Waals surface area contributed by atoms with Crippen molar-refractivity contribution in [3.05, 3.63) is 59.9 Å². The van der Waals surface area contributed by atoms with Gasteiger partial charge in [0.1, 0.15) is 17.7 Å². The van der Waals surface area contributed by atoms with Crippen molar-refractivity contribution in [3.8, 4) is 0 Å². The van der Waals surface area contributed by atoms with Gasteiger partial charge in [-0.3, -0.25) is 0 Å². The molecule has 0 spiro atoms. The van der Waals surface area contributed by atoms with E-state index in [4.69, 9.17) is 10.5 Å². The molecule has 0 aliphatic carbocycles. The molecule has 1 aromatic carbocycles. The molecule has 26 heavy (non-hydrogen) atoms. The third-order valence-corrected chi connectivity index (χ3v) is 3.89. The van der Waals surface area contributed by atoms with Gasteiger partial charge >= 0.3 is 5.97 Å². The first-order valence-electron chi connectivity index (χ1n) is 8.53. The summed E-state index contributed by atoms with van der Waals surface area (Å²) < 4.78 is 5.58. The molecule has 0 aliphatic heterocycles. The normalized spacial score (nSPS) is 12.2. The van der Waals surface area contributed by atoms with Gasteiger partial charge in [0.25, 0.3) is 0 Å². The zero-order valence-corrected chi connectivity index (χ0v) is 15.1. The van der Waals surface area contributed by atoms with Crippen LogP contribution in [0, 0.1) is 0 Å².